The Bertz CT molecular complexity index is 786. The Morgan fingerprint density at radius 1 is 1.21 bits per heavy atom. The van der Waals surface area contributed by atoms with Crippen molar-refractivity contribution in [3.05, 3.63) is 70.5 Å². The van der Waals surface area contributed by atoms with Crippen molar-refractivity contribution in [1.29, 1.82) is 0 Å². The number of benzene rings is 2. The lowest BCUT2D eigenvalue weighted by atomic mass is 10.1. The first-order valence-electron chi connectivity index (χ1n) is 6.97. The monoisotopic (exact) mass is 348 g/mol. The van der Waals surface area contributed by atoms with E-state index in [0.717, 1.165) is 6.08 Å². The highest BCUT2D eigenvalue weighted by Gasteiger charge is 2.11. The number of ketones is 1. The molecule has 2 aromatic carbocycles. The average Bonchev–Trinajstić information content (AvgIpc) is 2.57. The number of hydrogen-bond acceptors (Lipinski definition) is 4. The standard InChI is InChI=1S/C18H14ClFO4/c1-23-17-7-6-13(10-15(17)19)16(21)11-24-18(22)8-5-12-3-2-4-14(20)9-12/h2-10H,11H2,1H3/b8-5+. The Morgan fingerprint density at radius 2 is 2.00 bits per heavy atom. The van der Waals surface area contributed by atoms with E-state index >= 15 is 0 Å². The number of carbonyl (C=O) groups is 2. The molecule has 0 aromatic heterocycles. The summed E-state index contributed by atoms with van der Waals surface area (Å²) in [6.07, 6.45) is 2.53. The molecule has 0 fully saturated rings. The Kier molecular flexibility index (Phi) is 6.09. The molecule has 2 aromatic rings. The van der Waals surface area contributed by atoms with Gasteiger partial charge >= 0.3 is 5.97 Å². The molecular weight excluding hydrogens is 335 g/mol. The second-order valence-electron chi connectivity index (χ2n) is 4.77. The number of esters is 1. The molecule has 0 saturated carbocycles. The fraction of sp³-hybridized carbons (Fsp3) is 0.111. The third kappa shape index (κ3) is 4.93. The smallest absolute Gasteiger partial charge is 0.331 e. The summed E-state index contributed by atoms with van der Waals surface area (Å²) < 4.78 is 22.9. The number of Topliss-reactive ketones (excluding diaryl/α,β-unsaturated/α-hetero) is 1. The predicted molar refractivity (Wildman–Crippen MR) is 88.7 cm³/mol. The summed E-state index contributed by atoms with van der Waals surface area (Å²) in [5.41, 5.74) is 0.822. The van der Waals surface area contributed by atoms with Crippen LogP contribution in [-0.4, -0.2) is 25.5 Å². The van der Waals surface area contributed by atoms with Crippen molar-refractivity contribution in [3.63, 3.8) is 0 Å². The molecule has 6 heteroatoms. The normalized spacial score (nSPS) is 10.6. The zero-order chi connectivity index (χ0) is 17.5. The highest BCUT2D eigenvalue weighted by Crippen LogP contribution is 2.25. The molecule has 0 aliphatic rings. The van der Waals surface area contributed by atoms with Gasteiger partial charge in [0.05, 0.1) is 12.1 Å². The van der Waals surface area contributed by atoms with Gasteiger partial charge in [-0.1, -0.05) is 23.7 Å². The SMILES string of the molecule is COc1ccc(C(=O)COC(=O)/C=C/c2cccc(F)c2)cc1Cl. The number of ether oxygens (including phenoxy) is 2. The van der Waals surface area contributed by atoms with Gasteiger partial charge in [-0.05, 0) is 42.0 Å². The molecule has 0 amide bonds. The fourth-order valence-electron chi connectivity index (χ4n) is 1.88. The minimum atomic E-state index is -0.702. The maximum absolute atomic E-state index is 13.0. The molecule has 0 spiro atoms. The molecule has 0 N–H and O–H groups in total. The zero-order valence-corrected chi connectivity index (χ0v) is 13.5. The summed E-state index contributed by atoms with van der Waals surface area (Å²) in [5, 5.41) is 0.292. The first kappa shape index (κ1) is 17.7. The summed E-state index contributed by atoms with van der Waals surface area (Å²) in [6, 6.07) is 10.3. The van der Waals surface area contributed by atoms with E-state index in [0.29, 0.717) is 21.9 Å². The van der Waals surface area contributed by atoms with Gasteiger partial charge in [0.2, 0.25) is 0 Å². The largest absolute Gasteiger partial charge is 0.495 e. The summed E-state index contributed by atoms with van der Waals surface area (Å²) in [5.74, 6) is -1.06. The molecule has 0 saturated heterocycles. The van der Waals surface area contributed by atoms with E-state index in [1.54, 1.807) is 12.1 Å². The zero-order valence-electron chi connectivity index (χ0n) is 12.8. The summed E-state index contributed by atoms with van der Waals surface area (Å²) in [7, 11) is 1.47. The Balaban J connectivity index is 1.91. The highest BCUT2D eigenvalue weighted by molar-refractivity contribution is 6.32. The van der Waals surface area contributed by atoms with E-state index in [9.17, 15) is 14.0 Å². The van der Waals surface area contributed by atoms with Gasteiger partial charge in [0.1, 0.15) is 11.6 Å². The molecule has 24 heavy (non-hydrogen) atoms. The van der Waals surface area contributed by atoms with Crippen molar-refractivity contribution in [3.8, 4) is 5.75 Å². The number of halogens is 2. The van der Waals surface area contributed by atoms with Crippen molar-refractivity contribution >= 4 is 29.4 Å². The minimum Gasteiger partial charge on any atom is -0.495 e. The van der Waals surface area contributed by atoms with E-state index in [4.69, 9.17) is 21.1 Å². The highest BCUT2D eigenvalue weighted by atomic mass is 35.5. The number of methoxy groups -OCH3 is 1. The van der Waals surface area contributed by atoms with Crippen LogP contribution in [0.25, 0.3) is 6.08 Å². The van der Waals surface area contributed by atoms with Crippen LogP contribution in [0.15, 0.2) is 48.5 Å². The molecule has 4 nitrogen and oxygen atoms in total. The van der Waals surface area contributed by atoms with Crippen molar-refractivity contribution in [2.75, 3.05) is 13.7 Å². The quantitative estimate of drug-likeness (QED) is 0.451. The molecular formula is C18H14ClFO4. The van der Waals surface area contributed by atoms with Crippen LogP contribution in [0.1, 0.15) is 15.9 Å². The van der Waals surface area contributed by atoms with Gasteiger partial charge in [-0.25, -0.2) is 9.18 Å². The lowest BCUT2D eigenvalue weighted by Crippen LogP contribution is -2.12. The Hall–Kier alpha value is -2.66. The topological polar surface area (TPSA) is 52.6 Å². The molecule has 0 heterocycles. The number of hydrogen-bond donors (Lipinski definition) is 0. The van der Waals surface area contributed by atoms with E-state index in [2.05, 4.69) is 0 Å². The third-order valence-electron chi connectivity index (χ3n) is 3.08. The lowest BCUT2D eigenvalue weighted by Gasteiger charge is -2.05. The van der Waals surface area contributed by atoms with E-state index in [-0.39, 0.29) is 0 Å². The molecule has 2 rings (SSSR count). The summed E-state index contributed by atoms with van der Waals surface area (Å²) in [6.45, 7) is -0.422. The van der Waals surface area contributed by atoms with Gasteiger partial charge in [-0.2, -0.15) is 0 Å². The molecule has 0 radical (unpaired) electrons. The molecule has 124 valence electrons. The molecule has 0 aliphatic heterocycles. The second-order valence-corrected chi connectivity index (χ2v) is 5.18. The Morgan fingerprint density at radius 3 is 2.67 bits per heavy atom. The maximum Gasteiger partial charge on any atom is 0.331 e. The van der Waals surface area contributed by atoms with E-state index in [1.807, 2.05) is 0 Å². The van der Waals surface area contributed by atoms with Crippen molar-refractivity contribution < 1.29 is 23.5 Å². The third-order valence-corrected chi connectivity index (χ3v) is 3.38. The van der Waals surface area contributed by atoms with Crippen LogP contribution in [0.4, 0.5) is 4.39 Å². The molecule has 0 aliphatic carbocycles. The van der Waals surface area contributed by atoms with E-state index in [1.165, 1.54) is 43.5 Å². The van der Waals surface area contributed by atoms with Gasteiger partial charge in [0.15, 0.2) is 12.4 Å². The lowest BCUT2D eigenvalue weighted by molar-refractivity contribution is -0.136. The first-order valence-corrected chi connectivity index (χ1v) is 7.34. The van der Waals surface area contributed by atoms with Gasteiger partial charge in [0.25, 0.3) is 0 Å². The fourth-order valence-corrected chi connectivity index (χ4v) is 2.14. The Labute approximate surface area is 143 Å². The van der Waals surface area contributed by atoms with Crippen molar-refractivity contribution in [2.24, 2.45) is 0 Å². The van der Waals surface area contributed by atoms with Gasteiger partial charge in [-0.15, -0.1) is 0 Å². The summed E-state index contributed by atoms with van der Waals surface area (Å²) in [4.78, 5) is 23.6. The first-order chi connectivity index (χ1) is 11.5. The van der Waals surface area contributed by atoms with Gasteiger partial charge < -0.3 is 9.47 Å². The van der Waals surface area contributed by atoms with Crippen LogP contribution < -0.4 is 4.74 Å². The minimum absolute atomic E-state index is 0.292. The van der Waals surface area contributed by atoms with E-state index < -0.39 is 24.2 Å². The molecule has 0 unspecified atom stereocenters. The average molecular weight is 349 g/mol. The van der Waals surface area contributed by atoms with Gasteiger partial charge in [0, 0.05) is 11.6 Å². The summed E-state index contributed by atoms with van der Waals surface area (Å²) >= 11 is 5.94. The second kappa shape index (κ2) is 8.26. The predicted octanol–water partition coefficient (Wildman–Crippen LogP) is 3.93. The number of rotatable bonds is 6. The van der Waals surface area contributed by atoms with Crippen LogP contribution in [0, 0.1) is 5.82 Å². The molecule has 0 bridgehead atoms. The van der Waals surface area contributed by atoms with Crippen LogP contribution >= 0.6 is 11.6 Å². The van der Waals surface area contributed by atoms with Crippen LogP contribution in [0.5, 0.6) is 5.75 Å². The van der Waals surface area contributed by atoms with Crippen LogP contribution in [-0.2, 0) is 9.53 Å². The van der Waals surface area contributed by atoms with Crippen LogP contribution in [0.3, 0.4) is 0 Å². The van der Waals surface area contributed by atoms with Crippen LogP contribution in [0.2, 0.25) is 5.02 Å². The number of carbonyl (C=O) groups excluding carboxylic acids is 2. The van der Waals surface area contributed by atoms with Gasteiger partial charge in [-0.3, -0.25) is 4.79 Å². The molecule has 0 atom stereocenters. The maximum atomic E-state index is 13.0. The van der Waals surface area contributed by atoms with Crippen molar-refractivity contribution in [2.45, 2.75) is 0 Å². The van der Waals surface area contributed by atoms with Crippen molar-refractivity contribution in [1.82, 2.24) is 0 Å².